The lowest BCUT2D eigenvalue weighted by molar-refractivity contribution is 0.0832. The smallest absolute Gasteiger partial charge is 0.0726 e. The maximum atomic E-state index is 8.80. The fourth-order valence-electron chi connectivity index (χ4n) is 2.13. The normalized spacial score (nSPS) is 21.9. The lowest BCUT2D eigenvalue weighted by atomic mass is 10.1. The Bertz CT molecular complexity index is 334. The van der Waals surface area contributed by atoms with Crippen molar-refractivity contribution < 1.29 is 9.84 Å². The van der Waals surface area contributed by atoms with Crippen LogP contribution < -0.4 is 5.32 Å². The van der Waals surface area contributed by atoms with Gasteiger partial charge in [-0.3, -0.25) is 4.68 Å². The molecule has 5 heteroatoms. The molecule has 2 rings (SSSR count). The SMILES string of the molecule is CC(NCc1cnn(CCO)c1)C1CCCO1. The molecule has 0 aliphatic carbocycles. The first-order valence-corrected chi connectivity index (χ1v) is 6.27. The van der Waals surface area contributed by atoms with Gasteiger partial charge in [0, 0.05) is 31.0 Å². The molecule has 0 bridgehead atoms. The first kappa shape index (κ1) is 12.5. The second kappa shape index (κ2) is 6.14. The van der Waals surface area contributed by atoms with Crippen molar-refractivity contribution in [3.8, 4) is 0 Å². The van der Waals surface area contributed by atoms with Gasteiger partial charge in [-0.15, -0.1) is 0 Å². The molecule has 1 aliphatic rings. The fraction of sp³-hybridized carbons (Fsp3) is 0.750. The highest BCUT2D eigenvalue weighted by atomic mass is 16.5. The zero-order chi connectivity index (χ0) is 12.1. The van der Waals surface area contributed by atoms with Gasteiger partial charge >= 0.3 is 0 Å². The molecule has 96 valence electrons. The van der Waals surface area contributed by atoms with E-state index in [4.69, 9.17) is 9.84 Å². The van der Waals surface area contributed by atoms with Crippen molar-refractivity contribution in [3.63, 3.8) is 0 Å². The number of hydrogen-bond donors (Lipinski definition) is 2. The van der Waals surface area contributed by atoms with E-state index in [0.29, 0.717) is 18.7 Å². The van der Waals surface area contributed by atoms with E-state index in [1.54, 1.807) is 4.68 Å². The maximum Gasteiger partial charge on any atom is 0.0726 e. The number of ether oxygens (including phenoxy) is 1. The molecule has 0 amide bonds. The predicted molar refractivity (Wildman–Crippen MR) is 64.6 cm³/mol. The van der Waals surface area contributed by atoms with Gasteiger partial charge in [0.1, 0.15) is 0 Å². The Hall–Kier alpha value is -0.910. The van der Waals surface area contributed by atoms with E-state index in [2.05, 4.69) is 17.3 Å². The number of hydrogen-bond acceptors (Lipinski definition) is 4. The third-order valence-corrected chi connectivity index (χ3v) is 3.17. The molecule has 5 nitrogen and oxygen atoms in total. The van der Waals surface area contributed by atoms with Crippen LogP contribution in [0.15, 0.2) is 12.4 Å². The van der Waals surface area contributed by atoms with Gasteiger partial charge in [0.25, 0.3) is 0 Å². The Morgan fingerprint density at radius 3 is 3.29 bits per heavy atom. The molecule has 1 fully saturated rings. The first-order chi connectivity index (χ1) is 8.29. The summed E-state index contributed by atoms with van der Waals surface area (Å²) in [5, 5.41) is 16.4. The Balaban J connectivity index is 1.76. The van der Waals surface area contributed by atoms with Crippen LogP contribution in [0, 0.1) is 0 Å². The highest BCUT2D eigenvalue weighted by Crippen LogP contribution is 2.15. The van der Waals surface area contributed by atoms with Crippen LogP contribution in [0.25, 0.3) is 0 Å². The largest absolute Gasteiger partial charge is 0.394 e. The predicted octanol–water partition coefficient (Wildman–Crippen LogP) is 0.532. The zero-order valence-corrected chi connectivity index (χ0v) is 10.3. The van der Waals surface area contributed by atoms with Crippen LogP contribution in [0.2, 0.25) is 0 Å². The molecular weight excluding hydrogens is 218 g/mol. The maximum absolute atomic E-state index is 8.80. The second-order valence-corrected chi connectivity index (χ2v) is 4.56. The second-order valence-electron chi connectivity index (χ2n) is 4.56. The van der Waals surface area contributed by atoms with Gasteiger partial charge in [0.2, 0.25) is 0 Å². The summed E-state index contributed by atoms with van der Waals surface area (Å²) in [7, 11) is 0. The van der Waals surface area contributed by atoms with Gasteiger partial charge in [0.05, 0.1) is 25.5 Å². The fourth-order valence-corrected chi connectivity index (χ4v) is 2.13. The van der Waals surface area contributed by atoms with Crippen molar-refractivity contribution >= 4 is 0 Å². The molecule has 2 unspecified atom stereocenters. The minimum absolute atomic E-state index is 0.126. The molecule has 1 saturated heterocycles. The van der Waals surface area contributed by atoms with E-state index in [9.17, 15) is 0 Å². The van der Waals surface area contributed by atoms with E-state index in [1.165, 1.54) is 6.42 Å². The van der Waals surface area contributed by atoms with Crippen LogP contribution >= 0.6 is 0 Å². The van der Waals surface area contributed by atoms with Crippen LogP contribution in [0.3, 0.4) is 0 Å². The highest BCUT2D eigenvalue weighted by molar-refractivity contribution is 5.03. The van der Waals surface area contributed by atoms with E-state index in [1.807, 2.05) is 12.4 Å². The summed E-state index contributed by atoms with van der Waals surface area (Å²) in [6.07, 6.45) is 6.47. The topological polar surface area (TPSA) is 59.3 Å². The lowest BCUT2D eigenvalue weighted by Gasteiger charge is -2.19. The van der Waals surface area contributed by atoms with Crippen LogP contribution in [-0.4, -0.2) is 40.2 Å². The summed E-state index contributed by atoms with van der Waals surface area (Å²) in [5.41, 5.74) is 1.14. The van der Waals surface area contributed by atoms with Gasteiger partial charge in [-0.1, -0.05) is 0 Å². The van der Waals surface area contributed by atoms with Crippen molar-refractivity contribution in [2.75, 3.05) is 13.2 Å². The van der Waals surface area contributed by atoms with Gasteiger partial charge < -0.3 is 15.2 Å². The molecule has 1 aromatic rings. The number of rotatable bonds is 6. The number of aliphatic hydroxyl groups excluding tert-OH is 1. The molecule has 1 aromatic heterocycles. The molecule has 0 saturated carbocycles. The van der Waals surface area contributed by atoms with Crippen LogP contribution in [0.5, 0.6) is 0 Å². The average Bonchev–Trinajstić information content (AvgIpc) is 2.97. The number of aromatic nitrogens is 2. The standard InChI is InChI=1S/C12H21N3O2/c1-10(12-3-2-6-17-12)13-7-11-8-14-15(9-11)4-5-16/h8-10,12-13,16H,2-7H2,1H3. The van der Waals surface area contributed by atoms with Gasteiger partial charge in [-0.05, 0) is 19.8 Å². The molecule has 2 heterocycles. The van der Waals surface area contributed by atoms with Crippen molar-refractivity contribution in [3.05, 3.63) is 18.0 Å². The number of nitrogens with one attached hydrogen (secondary N) is 1. The Morgan fingerprint density at radius 1 is 1.71 bits per heavy atom. The molecule has 1 aliphatic heterocycles. The van der Waals surface area contributed by atoms with Crippen molar-refractivity contribution in [1.29, 1.82) is 0 Å². The molecule has 0 aromatic carbocycles. The van der Waals surface area contributed by atoms with Gasteiger partial charge in [-0.25, -0.2) is 0 Å². The minimum atomic E-state index is 0.126. The lowest BCUT2D eigenvalue weighted by Crippen LogP contribution is -2.36. The van der Waals surface area contributed by atoms with Crippen LogP contribution in [0.1, 0.15) is 25.3 Å². The van der Waals surface area contributed by atoms with Crippen LogP contribution in [0.4, 0.5) is 0 Å². The summed E-state index contributed by atoms with van der Waals surface area (Å²) in [6, 6.07) is 0.374. The molecule has 0 spiro atoms. The summed E-state index contributed by atoms with van der Waals surface area (Å²) in [4.78, 5) is 0. The first-order valence-electron chi connectivity index (χ1n) is 6.27. The van der Waals surface area contributed by atoms with Crippen LogP contribution in [-0.2, 0) is 17.8 Å². The van der Waals surface area contributed by atoms with Crippen molar-refractivity contribution in [2.24, 2.45) is 0 Å². The summed E-state index contributed by atoms with van der Waals surface area (Å²) >= 11 is 0. The van der Waals surface area contributed by atoms with Crippen molar-refractivity contribution in [2.45, 2.75) is 45.0 Å². The van der Waals surface area contributed by atoms with E-state index in [-0.39, 0.29) is 6.61 Å². The average molecular weight is 239 g/mol. The third-order valence-electron chi connectivity index (χ3n) is 3.17. The number of aliphatic hydroxyl groups is 1. The molecule has 17 heavy (non-hydrogen) atoms. The summed E-state index contributed by atoms with van der Waals surface area (Å²) in [5.74, 6) is 0. The van der Waals surface area contributed by atoms with Gasteiger partial charge in [0.15, 0.2) is 0 Å². The van der Waals surface area contributed by atoms with Gasteiger partial charge in [-0.2, -0.15) is 5.10 Å². The highest BCUT2D eigenvalue weighted by Gasteiger charge is 2.21. The Kier molecular flexibility index (Phi) is 4.53. The van der Waals surface area contributed by atoms with E-state index in [0.717, 1.165) is 25.1 Å². The molecular formula is C12H21N3O2. The Morgan fingerprint density at radius 2 is 2.59 bits per heavy atom. The van der Waals surface area contributed by atoms with Crippen molar-refractivity contribution in [1.82, 2.24) is 15.1 Å². The number of nitrogens with zero attached hydrogens (tertiary/aromatic N) is 2. The zero-order valence-electron chi connectivity index (χ0n) is 10.3. The minimum Gasteiger partial charge on any atom is -0.394 e. The van der Waals surface area contributed by atoms with E-state index < -0.39 is 0 Å². The Labute approximate surface area is 102 Å². The quantitative estimate of drug-likeness (QED) is 0.760. The third kappa shape index (κ3) is 3.52. The monoisotopic (exact) mass is 239 g/mol. The molecule has 2 N–H and O–H groups in total. The molecule has 2 atom stereocenters. The molecule has 0 radical (unpaired) electrons. The van der Waals surface area contributed by atoms with E-state index >= 15 is 0 Å². The summed E-state index contributed by atoms with van der Waals surface area (Å²) < 4.78 is 7.39. The summed E-state index contributed by atoms with van der Waals surface area (Å²) in [6.45, 7) is 4.54.